The maximum Gasteiger partial charge on any atom is 0.338 e. The van der Waals surface area contributed by atoms with Crippen LogP contribution in [-0.4, -0.2) is 51.5 Å². The fraction of sp³-hybridized carbons (Fsp3) is 0.300. The Kier molecular flexibility index (Phi) is 6.40. The largest absolute Gasteiger partial charge is 0.454 e. The molecular weight excluding hydrogens is 348 g/mol. The monoisotopic (exact) mass is 370 g/mol. The van der Waals surface area contributed by atoms with Crippen molar-refractivity contribution in [2.45, 2.75) is 6.10 Å². The summed E-state index contributed by atoms with van der Waals surface area (Å²) in [6.45, 7) is 0.550. The van der Waals surface area contributed by atoms with Crippen molar-refractivity contribution in [3.05, 3.63) is 54.6 Å². The van der Waals surface area contributed by atoms with E-state index in [9.17, 15) is 9.59 Å². The Morgan fingerprint density at radius 1 is 1.11 bits per heavy atom. The number of carbonyl (C=O) groups is 2. The number of nitrogens with one attached hydrogen (secondary N) is 1. The van der Waals surface area contributed by atoms with Crippen molar-refractivity contribution in [1.82, 2.24) is 0 Å². The quantitative estimate of drug-likeness (QED) is 0.787. The minimum atomic E-state index is -0.775. The van der Waals surface area contributed by atoms with E-state index in [0.717, 1.165) is 11.4 Å². The average Bonchev–Trinajstić information content (AvgIpc) is 2.73. The van der Waals surface area contributed by atoms with Gasteiger partial charge in [0.1, 0.15) is 0 Å². The highest BCUT2D eigenvalue weighted by Crippen LogP contribution is 2.30. The summed E-state index contributed by atoms with van der Waals surface area (Å²) in [4.78, 5) is 26.1. The van der Waals surface area contributed by atoms with E-state index in [1.165, 1.54) is 0 Å². The highest BCUT2D eigenvalue weighted by atomic mass is 16.6. The number of nitrogens with zero attached hydrogens (tertiary/aromatic N) is 1. The molecule has 0 bridgehead atoms. The van der Waals surface area contributed by atoms with Crippen LogP contribution in [0.25, 0.3) is 0 Å². The van der Waals surface area contributed by atoms with Gasteiger partial charge in [-0.15, -0.1) is 0 Å². The molecule has 1 N–H and O–H groups in total. The van der Waals surface area contributed by atoms with Crippen LogP contribution in [0.3, 0.4) is 0 Å². The number of amides is 1. The number of hydrogen-bond acceptors (Lipinski definition) is 6. The fourth-order valence-corrected chi connectivity index (χ4v) is 2.70. The second-order valence-corrected chi connectivity index (χ2v) is 6.00. The molecule has 7 nitrogen and oxygen atoms in total. The predicted octanol–water partition coefficient (Wildman–Crippen LogP) is 2.35. The van der Waals surface area contributed by atoms with Crippen molar-refractivity contribution in [2.24, 2.45) is 0 Å². The second-order valence-electron chi connectivity index (χ2n) is 6.00. The number of rotatable bonds is 6. The minimum Gasteiger partial charge on any atom is -0.454 e. The van der Waals surface area contributed by atoms with Gasteiger partial charge in [-0.3, -0.25) is 4.79 Å². The molecule has 0 radical (unpaired) electrons. The first-order valence-electron chi connectivity index (χ1n) is 8.69. The molecular formula is C20H22N2O5. The van der Waals surface area contributed by atoms with Gasteiger partial charge in [0.15, 0.2) is 12.7 Å². The molecule has 0 saturated carbocycles. The van der Waals surface area contributed by atoms with Crippen LogP contribution < -0.4 is 10.2 Å². The first kappa shape index (κ1) is 18.9. The number of carbonyl (C=O) groups excluding carboxylic acids is 2. The molecule has 1 aliphatic rings. The Morgan fingerprint density at radius 2 is 1.85 bits per heavy atom. The van der Waals surface area contributed by atoms with Crippen LogP contribution in [0.2, 0.25) is 0 Å². The molecule has 1 fully saturated rings. The Labute approximate surface area is 157 Å². The van der Waals surface area contributed by atoms with Crippen LogP contribution in [0.4, 0.5) is 17.1 Å². The van der Waals surface area contributed by atoms with Gasteiger partial charge in [0, 0.05) is 12.7 Å². The molecule has 0 aromatic heterocycles. The summed E-state index contributed by atoms with van der Waals surface area (Å²) >= 11 is 0. The predicted molar refractivity (Wildman–Crippen MR) is 101 cm³/mol. The summed E-state index contributed by atoms with van der Waals surface area (Å²) in [6.07, 6.45) is -0.775. The molecule has 2 aromatic carbocycles. The Balaban J connectivity index is 1.60. The van der Waals surface area contributed by atoms with Crippen LogP contribution in [0.15, 0.2) is 54.6 Å². The minimum absolute atomic E-state index is 0.144. The van der Waals surface area contributed by atoms with Gasteiger partial charge in [0.2, 0.25) is 0 Å². The Bertz CT molecular complexity index is 775. The molecule has 142 valence electrons. The summed E-state index contributed by atoms with van der Waals surface area (Å²) in [5, 5.41) is 2.79. The molecule has 1 heterocycles. The summed E-state index contributed by atoms with van der Waals surface area (Å²) < 4.78 is 15.4. The van der Waals surface area contributed by atoms with E-state index < -0.39 is 18.0 Å². The summed E-state index contributed by atoms with van der Waals surface area (Å²) in [6, 6.07) is 17.2. The molecule has 27 heavy (non-hydrogen) atoms. The highest BCUT2D eigenvalue weighted by Gasteiger charge is 2.25. The molecule has 7 heteroatoms. The third-order valence-electron chi connectivity index (χ3n) is 4.11. The number of hydrogen-bond donors (Lipinski definition) is 1. The van der Waals surface area contributed by atoms with Crippen LogP contribution in [0.5, 0.6) is 0 Å². The van der Waals surface area contributed by atoms with Gasteiger partial charge in [0.25, 0.3) is 5.91 Å². The zero-order valence-electron chi connectivity index (χ0n) is 15.1. The van der Waals surface area contributed by atoms with Crippen molar-refractivity contribution in [1.29, 1.82) is 0 Å². The van der Waals surface area contributed by atoms with E-state index in [-0.39, 0.29) is 13.2 Å². The molecule has 0 unspecified atom stereocenters. The number of para-hydroxylation sites is 3. The van der Waals surface area contributed by atoms with Crippen molar-refractivity contribution >= 4 is 28.9 Å². The molecule has 2 aromatic rings. The van der Waals surface area contributed by atoms with Gasteiger partial charge in [0.05, 0.1) is 31.2 Å². The van der Waals surface area contributed by atoms with Gasteiger partial charge < -0.3 is 24.4 Å². The standard InChI is InChI=1S/C20H22N2O5/c1-22(15-7-3-2-4-8-15)17-10-6-5-9-16(17)21-19(23)14-27-20(24)18-13-25-11-12-26-18/h2-10,18H,11-14H2,1H3,(H,21,23)/t18-/m0/s1. The lowest BCUT2D eigenvalue weighted by atomic mass is 10.2. The fourth-order valence-electron chi connectivity index (χ4n) is 2.70. The van der Waals surface area contributed by atoms with Gasteiger partial charge in [-0.25, -0.2) is 4.79 Å². The highest BCUT2D eigenvalue weighted by molar-refractivity contribution is 5.96. The van der Waals surface area contributed by atoms with E-state index in [0.29, 0.717) is 18.9 Å². The van der Waals surface area contributed by atoms with Crippen molar-refractivity contribution in [3.8, 4) is 0 Å². The maximum absolute atomic E-state index is 12.2. The van der Waals surface area contributed by atoms with Crippen molar-refractivity contribution in [2.75, 3.05) is 43.7 Å². The summed E-state index contributed by atoms with van der Waals surface area (Å²) in [5.41, 5.74) is 2.44. The van der Waals surface area contributed by atoms with Crippen LogP contribution in [0, 0.1) is 0 Å². The lowest BCUT2D eigenvalue weighted by molar-refractivity contribution is -0.171. The summed E-state index contributed by atoms with van der Waals surface area (Å²) in [5.74, 6) is -1.02. The van der Waals surface area contributed by atoms with E-state index in [2.05, 4.69) is 5.32 Å². The number of ether oxygens (including phenoxy) is 3. The zero-order chi connectivity index (χ0) is 19.1. The SMILES string of the molecule is CN(c1ccccc1)c1ccccc1NC(=O)COC(=O)[C@@H]1COCCO1. The maximum atomic E-state index is 12.2. The molecule has 3 rings (SSSR count). The van der Waals surface area contributed by atoms with Crippen molar-refractivity contribution in [3.63, 3.8) is 0 Å². The molecule has 1 atom stereocenters. The van der Waals surface area contributed by atoms with Gasteiger partial charge in [-0.05, 0) is 24.3 Å². The van der Waals surface area contributed by atoms with Gasteiger partial charge in [-0.2, -0.15) is 0 Å². The number of esters is 1. The molecule has 0 aliphatic carbocycles. The molecule has 1 aliphatic heterocycles. The Hall–Kier alpha value is -2.90. The molecule has 1 saturated heterocycles. The normalized spacial score (nSPS) is 16.4. The summed E-state index contributed by atoms with van der Waals surface area (Å²) in [7, 11) is 1.92. The van der Waals surface area contributed by atoms with E-state index in [4.69, 9.17) is 14.2 Å². The van der Waals surface area contributed by atoms with E-state index >= 15 is 0 Å². The van der Waals surface area contributed by atoms with Crippen LogP contribution >= 0.6 is 0 Å². The first-order valence-corrected chi connectivity index (χ1v) is 8.69. The Morgan fingerprint density at radius 3 is 2.59 bits per heavy atom. The third kappa shape index (κ3) is 5.06. The second kappa shape index (κ2) is 9.16. The smallest absolute Gasteiger partial charge is 0.338 e. The van der Waals surface area contributed by atoms with Gasteiger partial charge in [-0.1, -0.05) is 30.3 Å². The zero-order valence-corrected chi connectivity index (χ0v) is 15.1. The van der Waals surface area contributed by atoms with E-state index in [1.54, 1.807) is 6.07 Å². The topological polar surface area (TPSA) is 77.1 Å². The third-order valence-corrected chi connectivity index (χ3v) is 4.11. The lowest BCUT2D eigenvalue weighted by Gasteiger charge is -2.23. The number of anilines is 3. The first-order chi connectivity index (χ1) is 13.1. The lowest BCUT2D eigenvalue weighted by Crippen LogP contribution is -2.37. The average molecular weight is 370 g/mol. The molecule has 1 amide bonds. The molecule has 0 spiro atoms. The van der Waals surface area contributed by atoms with Gasteiger partial charge >= 0.3 is 5.97 Å². The van der Waals surface area contributed by atoms with Crippen LogP contribution in [0.1, 0.15) is 0 Å². The van der Waals surface area contributed by atoms with Crippen LogP contribution in [-0.2, 0) is 23.8 Å². The van der Waals surface area contributed by atoms with Crippen molar-refractivity contribution < 1.29 is 23.8 Å². The number of benzene rings is 2. The van der Waals surface area contributed by atoms with E-state index in [1.807, 2.05) is 60.5 Å².